The maximum absolute atomic E-state index is 13.2. The molecule has 0 bridgehead atoms. The number of ether oxygens (including phenoxy) is 1. The minimum absolute atomic E-state index is 0.0646. The van der Waals surface area contributed by atoms with E-state index in [-0.39, 0.29) is 60.5 Å². The van der Waals surface area contributed by atoms with Crippen LogP contribution in [0.5, 0.6) is 0 Å². The fourth-order valence-corrected chi connectivity index (χ4v) is 5.92. The molecule has 12 nitrogen and oxygen atoms in total. The van der Waals surface area contributed by atoms with E-state index in [1.54, 1.807) is 11.9 Å². The topological polar surface area (TPSA) is 141 Å². The van der Waals surface area contributed by atoms with Crippen molar-refractivity contribution >= 4 is 33.7 Å². The van der Waals surface area contributed by atoms with E-state index in [1.807, 2.05) is 0 Å². The number of sulfonamides is 1. The van der Waals surface area contributed by atoms with Gasteiger partial charge in [0.05, 0.1) is 7.11 Å². The quantitative estimate of drug-likeness (QED) is 0.406. The lowest BCUT2D eigenvalue weighted by molar-refractivity contribution is -0.131. The number of esters is 1. The highest BCUT2D eigenvalue weighted by molar-refractivity contribution is 7.99. The molecule has 14 heteroatoms. The number of carbonyl (C=O) groups is 2. The second kappa shape index (κ2) is 9.36. The first-order valence-electron chi connectivity index (χ1n) is 9.48. The monoisotopic (exact) mass is 472 g/mol. The number of rotatable bonds is 7. The van der Waals surface area contributed by atoms with Crippen molar-refractivity contribution in [1.29, 1.82) is 0 Å². The predicted octanol–water partition coefficient (Wildman–Crippen LogP) is 0.222. The van der Waals surface area contributed by atoms with Gasteiger partial charge in [0.15, 0.2) is 0 Å². The van der Waals surface area contributed by atoms with Gasteiger partial charge in [-0.3, -0.25) is 4.79 Å². The maximum Gasteiger partial charge on any atom is 0.342 e. The van der Waals surface area contributed by atoms with Crippen LogP contribution in [0.2, 0.25) is 0 Å². The zero-order valence-electron chi connectivity index (χ0n) is 17.7. The van der Waals surface area contributed by atoms with Crippen LogP contribution < -0.4 is 0 Å². The molecule has 0 spiro atoms. The molecule has 2 aromatic heterocycles. The molecule has 31 heavy (non-hydrogen) atoms. The van der Waals surface area contributed by atoms with Crippen molar-refractivity contribution in [2.45, 2.75) is 30.3 Å². The van der Waals surface area contributed by atoms with Crippen molar-refractivity contribution in [3.63, 3.8) is 0 Å². The zero-order valence-corrected chi connectivity index (χ0v) is 19.3. The Hall–Kier alpha value is -2.45. The highest BCUT2D eigenvalue weighted by Gasteiger charge is 2.37. The summed E-state index contributed by atoms with van der Waals surface area (Å²) in [5, 5.41) is 11.7. The largest absolute Gasteiger partial charge is 0.465 e. The molecule has 0 radical (unpaired) electrons. The van der Waals surface area contributed by atoms with Crippen LogP contribution in [0.25, 0.3) is 0 Å². The van der Waals surface area contributed by atoms with Crippen molar-refractivity contribution in [3.05, 3.63) is 17.1 Å². The lowest BCUT2D eigenvalue weighted by Gasteiger charge is -2.34. The average Bonchev–Trinajstić information content (AvgIpc) is 3.29. The fraction of sp³-hybridized carbons (Fsp3) is 0.588. The summed E-state index contributed by atoms with van der Waals surface area (Å²) in [7, 11) is -1.08. The molecule has 0 saturated carbocycles. The molecule has 3 heterocycles. The molecule has 0 unspecified atom stereocenters. The minimum Gasteiger partial charge on any atom is -0.465 e. The number of piperazine rings is 1. The number of tetrazole rings is 1. The van der Waals surface area contributed by atoms with Crippen LogP contribution in [0.4, 0.5) is 0 Å². The van der Waals surface area contributed by atoms with E-state index in [2.05, 4.69) is 15.5 Å². The number of furan rings is 1. The Morgan fingerprint density at radius 2 is 1.84 bits per heavy atom. The summed E-state index contributed by atoms with van der Waals surface area (Å²) in [6.45, 7) is 3.78. The van der Waals surface area contributed by atoms with Gasteiger partial charge in [0.25, 0.3) is 0 Å². The normalized spacial score (nSPS) is 15.3. The van der Waals surface area contributed by atoms with Gasteiger partial charge in [-0.15, -0.1) is 5.10 Å². The van der Waals surface area contributed by atoms with Gasteiger partial charge in [-0.2, -0.15) is 4.31 Å². The van der Waals surface area contributed by atoms with Crippen molar-refractivity contribution in [3.8, 4) is 0 Å². The van der Waals surface area contributed by atoms with Crippen LogP contribution in [0.3, 0.4) is 0 Å². The Balaban J connectivity index is 1.62. The fourth-order valence-electron chi connectivity index (χ4n) is 3.35. The van der Waals surface area contributed by atoms with E-state index in [4.69, 9.17) is 9.15 Å². The van der Waals surface area contributed by atoms with Crippen LogP contribution in [0.15, 0.2) is 14.5 Å². The molecule has 1 saturated heterocycles. The summed E-state index contributed by atoms with van der Waals surface area (Å²) in [5.41, 5.74) is -0.0891. The Morgan fingerprint density at radius 3 is 2.42 bits per heavy atom. The molecule has 3 rings (SSSR count). The Kier molecular flexibility index (Phi) is 7.01. The van der Waals surface area contributed by atoms with Gasteiger partial charge in [0.2, 0.25) is 21.1 Å². The summed E-state index contributed by atoms with van der Waals surface area (Å²) in [6.07, 6.45) is 0.288. The van der Waals surface area contributed by atoms with Crippen molar-refractivity contribution < 1.29 is 27.2 Å². The molecule has 0 aliphatic carbocycles. The van der Waals surface area contributed by atoms with Crippen LogP contribution in [-0.4, -0.2) is 88.7 Å². The standard InChI is InChI=1S/C17H24N6O6S2/c1-11-14(16(25)28-4)15(12(2)29-11)31(26,27)23-8-6-22(7-9-23)13(24)5-10-30-17-18-19-20-21(17)3/h5-10H2,1-4H3. The maximum atomic E-state index is 13.2. The third kappa shape index (κ3) is 4.75. The number of carbonyl (C=O) groups excluding carboxylic acids is 2. The smallest absolute Gasteiger partial charge is 0.342 e. The van der Waals surface area contributed by atoms with Gasteiger partial charge < -0.3 is 14.1 Å². The first kappa shape index (κ1) is 23.2. The molecule has 0 atom stereocenters. The van der Waals surface area contributed by atoms with Crippen molar-refractivity contribution in [1.82, 2.24) is 29.4 Å². The van der Waals surface area contributed by atoms with Gasteiger partial charge in [0, 0.05) is 45.4 Å². The number of hydrogen-bond donors (Lipinski definition) is 0. The SMILES string of the molecule is COC(=O)c1c(C)oc(C)c1S(=O)(=O)N1CCN(C(=O)CCSc2nnnn2C)CC1. The zero-order chi connectivity index (χ0) is 22.8. The van der Waals surface area contributed by atoms with Gasteiger partial charge in [0.1, 0.15) is 22.0 Å². The number of methoxy groups -OCH3 is 1. The van der Waals surface area contributed by atoms with E-state index in [0.717, 1.165) is 0 Å². The van der Waals surface area contributed by atoms with Gasteiger partial charge >= 0.3 is 5.97 Å². The molecular weight excluding hydrogens is 448 g/mol. The van der Waals surface area contributed by atoms with E-state index in [0.29, 0.717) is 10.9 Å². The van der Waals surface area contributed by atoms with Crippen molar-refractivity contribution in [2.24, 2.45) is 7.05 Å². The molecule has 1 aliphatic heterocycles. The number of nitrogens with zero attached hydrogens (tertiary/aromatic N) is 6. The third-order valence-corrected chi connectivity index (χ3v) is 7.98. The van der Waals surface area contributed by atoms with Crippen LogP contribution in [0.1, 0.15) is 28.3 Å². The number of amides is 1. The summed E-state index contributed by atoms with van der Waals surface area (Å²) in [5.74, 6) is 0.00306. The molecule has 0 N–H and O–H groups in total. The van der Waals surface area contributed by atoms with Gasteiger partial charge in [-0.25, -0.2) is 17.9 Å². The molecule has 1 fully saturated rings. The number of thioether (sulfide) groups is 1. The third-order valence-electron chi connectivity index (χ3n) is 4.91. The second-order valence-electron chi connectivity index (χ2n) is 6.88. The molecule has 0 aromatic carbocycles. The summed E-state index contributed by atoms with van der Waals surface area (Å²) in [4.78, 5) is 26.1. The summed E-state index contributed by atoms with van der Waals surface area (Å²) < 4.78 is 39.3. The Bertz CT molecular complexity index is 1070. The molecule has 1 amide bonds. The lowest BCUT2D eigenvalue weighted by atomic mass is 10.2. The molecule has 170 valence electrons. The average molecular weight is 473 g/mol. The first-order valence-corrected chi connectivity index (χ1v) is 11.9. The number of aromatic nitrogens is 4. The highest BCUT2D eigenvalue weighted by atomic mass is 32.2. The van der Waals surface area contributed by atoms with Gasteiger partial charge in [-0.05, 0) is 24.3 Å². The van der Waals surface area contributed by atoms with Crippen LogP contribution in [-0.2, 0) is 26.6 Å². The van der Waals surface area contributed by atoms with E-state index < -0.39 is 16.0 Å². The predicted molar refractivity (Wildman–Crippen MR) is 109 cm³/mol. The lowest BCUT2D eigenvalue weighted by Crippen LogP contribution is -2.50. The van der Waals surface area contributed by atoms with Crippen molar-refractivity contribution in [2.75, 3.05) is 39.0 Å². The van der Waals surface area contributed by atoms with E-state index >= 15 is 0 Å². The molecular formula is C17H24N6O6S2. The number of hydrogen-bond acceptors (Lipinski definition) is 10. The first-order chi connectivity index (χ1) is 14.7. The second-order valence-corrected chi connectivity index (χ2v) is 9.82. The van der Waals surface area contributed by atoms with Crippen LogP contribution in [0, 0.1) is 13.8 Å². The Morgan fingerprint density at radius 1 is 1.16 bits per heavy atom. The summed E-state index contributed by atoms with van der Waals surface area (Å²) in [6, 6.07) is 0. The Labute approximate surface area is 183 Å². The highest BCUT2D eigenvalue weighted by Crippen LogP contribution is 2.30. The van der Waals surface area contributed by atoms with Crippen LogP contribution >= 0.6 is 11.8 Å². The van der Waals surface area contributed by atoms with E-state index in [1.165, 1.54) is 41.7 Å². The minimum atomic E-state index is -3.99. The molecule has 2 aromatic rings. The number of aryl methyl sites for hydroxylation is 3. The summed E-state index contributed by atoms with van der Waals surface area (Å²) >= 11 is 1.38. The molecule has 1 aliphatic rings. The van der Waals surface area contributed by atoms with E-state index in [9.17, 15) is 18.0 Å². The van der Waals surface area contributed by atoms with Gasteiger partial charge in [-0.1, -0.05) is 11.8 Å².